The SMILES string of the molecule is C#CCN(CC(=O)O)C(=O)N(C)C(C)C1CC1. The zero-order chi connectivity index (χ0) is 13.0. The van der Waals surface area contributed by atoms with Crippen molar-refractivity contribution in [1.82, 2.24) is 9.80 Å². The van der Waals surface area contributed by atoms with E-state index in [1.807, 2.05) is 6.92 Å². The van der Waals surface area contributed by atoms with E-state index in [-0.39, 0.29) is 25.2 Å². The van der Waals surface area contributed by atoms with E-state index in [1.54, 1.807) is 11.9 Å². The largest absolute Gasteiger partial charge is 0.480 e. The minimum atomic E-state index is -1.05. The number of hydrogen-bond acceptors (Lipinski definition) is 2. The Kier molecular flexibility index (Phi) is 4.38. The van der Waals surface area contributed by atoms with E-state index >= 15 is 0 Å². The quantitative estimate of drug-likeness (QED) is 0.722. The first-order valence-electron chi connectivity index (χ1n) is 5.64. The van der Waals surface area contributed by atoms with Crippen molar-refractivity contribution < 1.29 is 14.7 Å². The van der Waals surface area contributed by atoms with E-state index in [2.05, 4.69) is 5.92 Å². The van der Waals surface area contributed by atoms with E-state index in [1.165, 1.54) is 4.90 Å². The molecule has 1 aliphatic rings. The van der Waals surface area contributed by atoms with Crippen LogP contribution in [0.4, 0.5) is 4.79 Å². The summed E-state index contributed by atoms with van der Waals surface area (Å²) >= 11 is 0. The molecule has 0 aromatic heterocycles. The van der Waals surface area contributed by atoms with Crippen LogP contribution in [0.15, 0.2) is 0 Å². The van der Waals surface area contributed by atoms with Crippen LogP contribution in [-0.4, -0.2) is 53.1 Å². The predicted octanol–water partition coefficient (Wildman–Crippen LogP) is 0.856. The Morgan fingerprint density at radius 3 is 2.53 bits per heavy atom. The average Bonchev–Trinajstić information content (AvgIpc) is 3.08. The van der Waals surface area contributed by atoms with Crippen molar-refractivity contribution in [2.24, 2.45) is 5.92 Å². The van der Waals surface area contributed by atoms with Crippen LogP contribution in [0.3, 0.4) is 0 Å². The Morgan fingerprint density at radius 2 is 2.12 bits per heavy atom. The number of nitrogens with zero attached hydrogens (tertiary/aromatic N) is 2. The van der Waals surface area contributed by atoms with Gasteiger partial charge in [-0.3, -0.25) is 4.79 Å². The van der Waals surface area contributed by atoms with Crippen LogP contribution in [0.2, 0.25) is 0 Å². The fourth-order valence-electron chi connectivity index (χ4n) is 1.76. The minimum absolute atomic E-state index is 0.0207. The van der Waals surface area contributed by atoms with Crippen molar-refractivity contribution >= 4 is 12.0 Å². The Balaban J connectivity index is 2.62. The maximum Gasteiger partial charge on any atom is 0.323 e. The van der Waals surface area contributed by atoms with Crippen molar-refractivity contribution in [2.45, 2.75) is 25.8 Å². The van der Waals surface area contributed by atoms with E-state index in [0.717, 1.165) is 12.8 Å². The first kappa shape index (κ1) is 13.4. The summed E-state index contributed by atoms with van der Waals surface area (Å²) in [5.41, 5.74) is 0. The number of terminal acetylenes is 1. The molecule has 1 N–H and O–H groups in total. The summed E-state index contributed by atoms with van der Waals surface area (Å²) in [6, 6.07) is -0.179. The van der Waals surface area contributed by atoms with Gasteiger partial charge in [-0.2, -0.15) is 0 Å². The maximum absolute atomic E-state index is 12.0. The van der Waals surface area contributed by atoms with Gasteiger partial charge in [0.05, 0.1) is 6.54 Å². The van der Waals surface area contributed by atoms with Crippen LogP contribution in [0.1, 0.15) is 19.8 Å². The van der Waals surface area contributed by atoms with Crippen molar-refractivity contribution in [3.8, 4) is 12.3 Å². The normalized spacial score (nSPS) is 15.8. The number of rotatable bonds is 5. The number of amides is 2. The second kappa shape index (κ2) is 5.58. The number of urea groups is 1. The number of carboxylic acids is 1. The molecule has 0 aliphatic heterocycles. The highest BCUT2D eigenvalue weighted by molar-refractivity contribution is 5.80. The minimum Gasteiger partial charge on any atom is -0.480 e. The molecule has 94 valence electrons. The Labute approximate surface area is 101 Å². The molecule has 1 fully saturated rings. The third kappa shape index (κ3) is 3.66. The summed E-state index contributed by atoms with van der Waals surface area (Å²) < 4.78 is 0. The van der Waals surface area contributed by atoms with Gasteiger partial charge in [0.2, 0.25) is 0 Å². The van der Waals surface area contributed by atoms with Gasteiger partial charge in [0.1, 0.15) is 6.54 Å². The molecule has 1 rings (SSSR count). The molecule has 1 unspecified atom stereocenters. The molecule has 1 atom stereocenters. The Bertz CT molecular complexity index is 344. The van der Waals surface area contributed by atoms with Gasteiger partial charge in [0.15, 0.2) is 0 Å². The molecule has 0 saturated heterocycles. The van der Waals surface area contributed by atoms with Crippen LogP contribution in [0.5, 0.6) is 0 Å². The van der Waals surface area contributed by atoms with E-state index in [9.17, 15) is 9.59 Å². The van der Waals surface area contributed by atoms with Gasteiger partial charge in [0, 0.05) is 13.1 Å². The highest BCUT2D eigenvalue weighted by Crippen LogP contribution is 2.34. The van der Waals surface area contributed by atoms with Crippen molar-refractivity contribution in [2.75, 3.05) is 20.1 Å². The van der Waals surface area contributed by atoms with E-state index in [0.29, 0.717) is 5.92 Å². The molecule has 1 saturated carbocycles. The van der Waals surface area contributed by atoms with Gasteiger partial charge >= 0.3 is 12.0 Å². The van der Waals surface area contributed by atoms with Gasteiger partial charge in [-0.25, -0.2) is 4.79 Å². The lowest BCUT2D eigenvalue weighted by atomic mass is 10.2. The molecule has 0 radical (unpaired) electrons. The number of carboxylic acid groups (broad SMARTS) is 1. The number of carbonyl (C=O) groups is 2. The molecular weight excluding hydrogens is 220 g/mol. The third-order valence-electron chi connectivity index (χ3n) is 3.10. The monoisotopic (exact) mass is 238 g/mol. The highest BCUT2D eigenvalue weighted by atomic mass is 16.4. The van der Waals surface area contributed by atoms with E-state index in [4.69, 9.17) is 11.5 Å². The van der Waals surface area contributed by atoms with Crippen LogP contribution < -0.4 is 0 Å². The molecule has 0 aromatic rings. The Morgan fingerprint density at radius 1 is 1.53 bits per heavy atom. The third-order valence-corrected chi connectivity index (χ3v) is 3.10. The molecular formula is C12H18N2O3. The molecule has 0 spiro atoms. The summed E-state index contributed by atoms with van der Waals surface area (Å²) in [5, 5.41) is 8.72. The molecule has 0 heterocycles. The molecule has 0 aromatic carbocycles. The molecule has 17 heavy (non-hydrogen) atoms. The van der Waals surface area contributed by atoms with E-state index < -0.39 is 5.97 Å². The van der Waals surface area contributed by atoms with Crippen molar-refractivity contribution in [3.05, 3.63) is 0 Å². The first-order valence-corrected chi connectivity index (χ1v) is 5.64. The zero-order valence-corrected chi connectivity index (χ0v) is 10.2. The number of aliphatic carboxylic acids is 1. The zero-order valence-electron chi connectivity index (χ0n) is 10.2. The lowest BCUT2D eigenvalue weighted by molar-refractivity contribution is -0.137. The summed E-state index contributed by atoms with van der Waals surface area (Å²) in [6.45, 7) is 1.64. The first-order chi connectivity index (χ1) is 7.97. The van der Waals surface area contributed by atoms with Gasteiger partial charge in [-0.15, -0.1) is 6.42 Å². The standard InChI is InChI=1S/C12H18N2O3/c1-4-7-14(8-11(15)16)12(17)13(3)9(2)10-5-6-10/h1,9-10H,5-8H2,2-3H3,(H,15,16). The maximum atomic E-state index is 12.0. The van der Waals surface area contributed by atoms with Crippen LogP contribution in [-0.2, 0) is 4.79 Å². The summed E-state index contributed by atoms with van der Waals surface area (Å²) in [7, 11) is 1.69. The number of hydrogen-bond donors (Lipinski definition) is 1. The topological polar surface area (TPSA) is 60.9 Å². The summed E-state index contributed by atoms with van der Waals surface area (Å²) in [4.78, 5) is 25.4. The molecule has 2 amide bonds. The lowest BCUT2D eigenvalue weighted by Crippen LogP contribution is -2.47. The summed E-state index contributed by atoms with van der Waals surface area (Å²) in [6.07, 6.45) is 7.40. The lowest BCUT2D eigenvalue weighted by Gasteiger charge is -2.30. The van der Waals surface area contributed by atoms with Crippen molar-refractivity contribution in [3.63, 3.8) is 0 Å². The second-order valence-electron chi connectivity index (χ2n) is 4.43. The van der Waals surface area contributed by atoms with Crippen molar-refractivity contribution in [1.29, 1.82) is 0 Å². The smallest absolute Gasteiger partial charge is 0.323 e. The summed E-state index contributed by atoms with van der Waals surface area (Å²) in [5.74, 6) is 1.80. The van der Waals surface area contributed by atoms with Crippen LogP contribution in [0.25, 0.3) is 0 Å². The molecule has 0 bridgehead atoms. The fourth-order valence-corrected chi connectivity index (χ4v) is 1.76. The van der Waals surface area contributed by atoms with Gasteiger partial charge in [0.25, 0.3) is 0 Å². The second-order valence-corrected chi connectivity index (χ2v) is 4.43. The van der Waals surface area contributed by atoms with Crippen LogP contribution in [0, 0.1) is 18.3 Å². The van der Waals surface area contributed by atoms with Crippen LogP contribution >= 0.6 is 0 Å². The highest BCUT2D eigenvalue weighted by Gasteiger charge is 2.34. The predicted molar refractivity (Wildman–Crippen MR) is 63.4 cm³/mol. The molecule has 1 aliphatic carbocycles. The van der Waals surface area contributed by atoms with Gasteiger partial charge in [-0.1, -0.05) is 5.92 Å². The number of carbonyl (C=O) groups excluding carboxylic acids is 1. The molecule has 5 heteroatoms. The van der Waals surface area contributed by atoms with Gasteiger partial charge < -0.3 is 14.9 Å². The Hall–Kier alpha value is -1.70. The molecule has 5 nitrogen and oxygen atoms in total. The average molecular weight is 238 g/mol. The van der Waals surface area contributed by atoms with Gasteiger partial charge in [-0.05, 0) is 25.7 Å². The fraction of sp³-hybridized carbons (Fsp3) is 0.667.